The van der Waals surface area contributed by atoms with Gasteiger partial charge in [0.2, 0.25) is 11.8 Å². The molecular weight excluding hydrogens is 778 g/mol. The Labute approximate surface area is 325 Å². The lowest BCUT2D eigenvalue weighted by Crippen LogP contribution is -2.60. The highest BCUT2D eigenvalue weighted by molar-refractivity contribution is 5.85. The van der Waals surface area contributed by atoms with Gasteiger partial charge in [0.15, 0.2) is 18.9 Å². The standard InChI is InChI=1S/C31H57N5O21/c1-32-27(28(51)35-4-7-54-31-26(50)23(47)20(44)15(12-39)57-31)36(8-16(40)33-2-5-52-29-24(48)21(45)18(42)13(10-37)55-29)9-17(41)34-3-6-53-30-25(49)22(46)19(43)14(11-38)56-30/h13-15,18-27,29-32,37-39,42-50H,2-12H2,1H3,(H,33,40)(H,34,41)(H,35,51)/t13-,14-,15-,18-,19-,20-,21+,22+,23+,24+,25+,26+,27?,29+,30+,31+/m1/s1. The van der Waals surface area contributed by atoms with Crippen molar-refractivity contribution in [3.05, 3.63) is 0 Å². The van der Waals surface area contributed by atoms with E-state index < -0.39 is 149 Å². The minimum atomic E-state index is -1.69. The fraction of sp³-hybridized carbons (Fsp3) is 0.903. The molecule has 16 atom stereocenters. The van der Waals surface area contributed by atoms with E-state index in [9.17, 15) is 75.7 Å². The highest BCUT2D eigenvalue weighted by Gasteiger charge is 2.46. The monoisotopic (exact) mass is 835 g/mol. The van der Waals surface area contributed by atoms with Crippen LogP contribution in [0.4, 0.5) is 0 Å². The van der Waals surface area contributed by atoms with Gasteiger partial charge >= 0.3 is 0 Å². The number of carbonyl (C=O) groups excluding carboxylic acids is 3. The third-order valence-corrected chi connectivity index (χ3v) is 9.22. The van der Waals surface area contributed by atoms with Crippen LogP contribution >= 0.6 is 0 Å². The first-order valence-electron chi connectivity index (χ1n) is 18.1. The lowest BCUT2D eigenvalue weighted by Gasteiger charge is -2.39. The van der Waals surface area contributed by atoms with E-state index >= 15 is 0 Å². The molecule has 3 heterocycles. The van der Waals surface area contributed by atoms with Crippen molar-refractivity contribution in [1.29, 1.82) is 0 Å². The average Bonchev–Trinajstić information content (AvgIpc) is 3.19. The Balaban J connectivity index is 1.56. The minimum Gasteiger partial charge on any atom is -0.394 e. The zero-order valence-corrected chi connectivity index (χ0v) is 31.0. The Hall–Kier alpha value is -2.39. The summed E-state index contributed by atoms with van der Waals surface area (Å²) in [5, 5.41) is 128. The number of nitrogens with one attached hydrogen (secondary N) is 4. The zero-order valence-electron chi connectivity index (χ0n) is 31.0. The van der Waals surface area contributed by atoms with Gasteiger partial charge in [0.05, 0.1) is 52.7 Å². The van der Waals surface area contributed by atoms with Crippen LogP contribution in [0.5, 0.6) is 0 Å². The van der Waals surface area contributed by atoms with Gasteiger partial charge in [-0.25, -0.2) is 0 Å². The number of aliphatic hydroxyl groups is 12. The quantitative estimate of drug-likeness (QED) is 0.0355. The molecule has 0 radical (unpaired) electrons. The number of likely N-dealkylation sites (N-methyl/N-ethyl adjacent to an activating group) is 1. The van der Waals surface area contributed by atoms with E-state index in [2.05, 4.69) is 21.3 Å². The van der Waals surface area contributed by atoms with Gasteiger partial charge in [0.1, 0.15) is 79.4 Å². The van der Waals surface area contributed by atoms with Gasteiger partial charge in [-0.2, -0.15) is 0 Å². The minimum absolute atomic E-state index is 0.200. The predicted molar refractivity (Wildman–Crippen MR) is 183 cm³/mol. The molecule has 3 amide bonds. The van der Waals surface area contributed by atoms with Gasteiger partial charge in [-0.3, -0.25) is 24.6 Å². The topological polar surface area (TPSA) is 401 Å². The molecule has 26 heteroatoms. The van der Waals surface area contributed by atoms with Crippen LogP contribution < -0.4 is 21.3 Å². The summed E-state index contributed by atoms with van der Waals surface area (Å²) < 4.78 is 31.8. The number of hydrogen-bond acceptors (Lipinski definition) is 23. The molecule has 0 aromatic carbocycles. The van der Waals surface area contributed by atoms with Gasteiger partial charge in [-0.15, -0.1) is 0 Å². The smallest absolute Gasteiger partial charge is 0.252 e. The van der Waals surface area contributed by atoms with Crippen LogP contribution in [0.15, 0.2) is 0 Å². The first-order chi connectivity index (χ1) is 27.1. The van der Waals surface area contributed by atoms with Crippen LogP contribution in [0.3, 0.4) is 0 Å². The Morgan fingerprint density at radius 2 is 0.842 bits per heavy atom. The molecule has 57 heavy (non-hydrogen) atoms. The molecule has 16 N–H and O–H groups in total. The Morgan fingerprint density at radius 3 is 1.14 bits per heavy atom. The van der Waals surface area contributed by atoms with Crippen LogP contribution in [0.25, 0.3) is 0 Å². The fourth-order valence-electron chi connectivity index (χ4n) is 5.99. The average molecular weight is 836 g/mol. The Morgan fingerprint density at radius 1 is 0.526 bits per heavy atom. The van der Waals surface area contributed by atoms with E-state index in [-0.39, 0.29) is 39.5 Å². The second-order valence-electron chi connectivity index (χ2n) is 13.3. The maximum atomic E-state index is 13.3. The summed E-state index contributed by atoms with van der Waals surface area (Å²) in [6.07, 6.45) is -24.3. The van der Waals surface area contributed by atoms with Gasteiger partial charge < -0.3 is 106 Å². The molecule has 0 saturated carbocycles. The van der Waals surface area contributed by atoms with Crippen LogP contribution in [-0.2, 0) is 42.8 Å². The summed E-state index contributed by atoms with van der Waals surface area (Å²) in [6.45, 7) is -4.67. The molecule has 332 valence electrons. The van der Waals surface area contributed by atoms with Crippen molar-refractivity contribution < 1.29 is 104 Å². The molecular formula is C31H57N5O21. The van der Waals surface area contributed by atoms with Crippen LogP contribution in [0.2, 0.25) is 0 Å². The van der Waals surface area contributed by atoms with Crippen LogP contribution in [0.1, 0.15) is 0 Å². The molecule has 0 aliphatic carbocycles. The second kappa shape index (κ2) is 24.0. The molecule has 3 fully saturated rings. The predicted octanol–water partition coefficient (Wildman–Crippen LogP) is -11.4. The van der Waals surface area contributed by atoms with Crippen molar-refractivity contribution >= 4 is 17.7 Å². The first-order valence-corrected chi connectivity index (χ1v) is 18.1. The van der Waals surface area contributed by atoms with Crippen molar-refractivity contribution in [1.82, 2.24) is 26.2 Å². The van der Waals surface area contributed by atoms with Crippen LogP contribution in [-0.4, -0.2) is 262 Å². The molecule has 0 aromatic heterocycles. The van der Waals surface area contributed by atoms with E-state index in [0.717, 1.165) is 4.90 Å². The Kier molecular flexibility index (Phi) is 20.6. The summed E-state index contributed by atoms with van der Waals surface area (Å²) in [5.41, 5.74) is 0. The molecule has 0 spiro atoms. The largest absolute Gasteiger partial charge is 0.394 e. The first kappa shape index (κ1) is 49.0. The number of ether oxygens (including phenoxy) is 6. The third-order valence-electron chi connectivity index (χ3n) is 9.22. The fourth-order valence-corrected chi connectivity index (χ4v) is 5.99. The van der Waals surface area contributed by atoms with Gasteiger partial charge in [-0.05, 0) is 7.05 Å². The summed E-state index contributed by atoms with van der Waals surface area (Å²) in [6, 6.07) is 0. The van der Waals surface area contributed by atoms with Gasteiger partial charge in [-0.1, -0.05) is 0 Å². The van der Waals surface area contributed by atoms with Gasteiger partial charge in [0.25, 0.3) is 5.91 Å². The van der Waals surface area contributed by atoms with E-state index in [0.29, 0.717) is 0 Å². The molecule has 1 unspecified atom stereocenters. The van der Waals surface area contributed by atoms with Crippen molar-refractivity contribution in [2.75, 3.05) is 79.4 Å². The molecule has 3 rings (SSSR count). The molecule has 3 aliphatic rings. The number of hydrogen-bond donors (Lipinski definition) is 16. The summed E-state index contributed by atoms with van der Waals surface area (Å²) in [7, 11) is 1.36. The number of nitrogens with zero attached hydrogens (tertiary/aromatic N) is 1. The highest BCUT2D eigenvalue weighted by atomic mass is 16.7. The van der Waals surface area contributed by atoms with Crippen molar-refractivity contribution in [2.24, 2.45) is 0 Å². The third kappa shape index (κ3) is 13.6. The molecule has 3 saturated heterocycles. The molecule has 0 aromatic rings. The SMILES string of the molecule is CNC(C(=O)NCCO[C@H]1O[C@H](CO)[C@@H](O)[C@H](O)[C@@H]1O)N(CC(=O)NCCO[C@H]1O[C@H](CO)[C@@H](O)[C@H](O)[C@@H]1O)CC(=O)NCCO[C@H]1O[C@H](CO)[C@@H](O)[C@H](O)[C@@H]1O. The number of amides is 3. The highest BCUT2D eigenvalue weighted by Crippen LogP contribution is 2.24. The molecule has 26 nitrogen and oxygen atoms in total. The van der Waals surface area contributed by atoms with E-state index in [1.165, 1.54) is 7.05 Å². The maximum Gasteiger partial charge on any atom is 0.252 e. The lowest BCUT2D eigenvalue weighted by atomic mass is 9.99. The summed E-state index contributed by atoms with van der Waals surface area (Å²) in [4.78, 5) is 40.4. The summed E-state index contributed by atoms with van der Waals surface area (Å²) in [5.74, 6) is -2.19. The summed E-state index contributed by atoms with van der Waals surface area (Å²) >= 11 is 0. The van der Waals surface area contributed by atoms with E-state index in [1.54, 1.807) is 0 Å². The van der Waals surface area contributed by atoms with Crippen LogP contribution in [0, 0.1) is 0 Å². The second-order valence-corrected chi connectivity index (χ2v) is 13.3. The van der Waals surface area contributed by atoms with Crippen molar-refractivity contribution in [2.45, 2.75) is 98.3 Å². The number of aliphatic hydroxyl groups excluding tert-OH is 12. The normalized spacial score (nSPS) is 36.4. The molecule has 0 bridgehead atoms. The van der Waals surface area contributed by atoms with Gasteiger partial charge in [0, 0.05) is 19.6 Å². The van der Waals surface area contributed by atoms with Crippen molar-refractivity contribution in [3.63, 3.8) is 0 Å². The zero-order chi connectivity index (χ0) is 42.4. The van der Waals surface area contributed by atoms with E-state index in [1.807, 2.05) is 0 Å². The molecule has 3 aliphatic heterocycles. The lowest BCUT2D eigenvalue weighted by molar-refractivity contribution is -0.300. The van der Waals surface area contributed by atoms with E-state index in [4.69, 9.17) is 28.4 Å². The number of rotatable bonds is 22. The van der Waals surface area contributed by atoms with Crippen molar-refractivity contribution in [3.8, 4) is 0 Å². The maximum absolute atomic E-state index is 13.3. The number of carbonyl (C=O) groups is 3. The Bertz CT molecular complexity index is 1170.